The van der Waals surface area contributed by atoms with Crippen molar-refractivity contribution in [2.45, 2.75) is 32.6 Å². The molecule has 0 amide bonds. The molecule has 1 heterocycles. The molecule has 3 nitrogen and oxygen atoms in total. The lowest BCUT2D eigenvalue weighted by atomic mass is 10.0. The Morgan fingerprint density at radius 3 is 2.55 bits per heavy atom. The van der Waals surface area contributed by atoms with Gasteiger partial charge >= 0.3 is 5.97 Å². The second-order valence-corrected chi connectivity index (χ2v) is 5.34. The first-order valence-electron chi connectivity index (χ1n) is 6.00. The second kappa shape index (κ2) is 6.17. The van der Waals surface area contributed by atoms with Crippen LogP contribution in [0.15, 0.2) is 23.6 Å². The van der Waals surface area contributed by atoms with Gasteiger partial charge in [-0.25, -0.2) is 13.6 Å². The number of aliphatic hydroxyl groups is 1. The number of carbonyl (C=O) groups is 1. The fraction of sp³-hybridized carbons (Fsp3) is 0.357. The van der Waals surface area contributed by atoms with Crippen molar-refractivity contribution in [1.29, 1.82) is 0 Å². The molecule has 0 aliphatic carbocycles. The summed E-state index contributed by atoms with van der Waals surface area (Å²) >= 11 is 0.970. The van der Waals surface area contributed by atoms with E-state index in [0.717, 1.165) is 17.4 Å². The van der Waals surface area contributed by atoms with Crippen LogP contribution in [0.1, 0.15) is 41.1 Å². The molecule has 6 heteroatoms. The number of halogens is 2. The fourth-order valence-electron chi connectivity index (χ4n) is 1.64. The van der Waals surface area contributed by atoms with Gasteiger partial charge in [-0.1, -0.05) is 19.9 Å². The highest BCUT2D eigenvalue weighted by Crippen LogP contribution is 2.31. The molecule has 110 valence electrons. The summed E-state index contributed by atoms with van der Waals surface area (Å²) in [5, 5.41) is 20.5. The molecule has 0 saturated carbocycles. The quantitative estimate of drug-likeness (QED) is 0.600. The minimum Gasteiger partial charge on any atom is -0.507 e. The molecule has 0 fully saturated rings. The summed E-state index contributed by atoms with van der Waals surface area (Å²) in [6, 6.07) is 0. The topological polar surface area (TPSA) is 57.5 Å². The Bertz CT molecular complexity index is 553. The molecule has 0 bridgehead atoms. The normalized spacial score (nSPS) is 12.5. The van der Waals surface area contributed by atoms with E-state index in [2.05, 4.69) is 6.58 Å². The van der Waals surface area contributed by atoms with E-state index in [1.165, 1.54) is 5.38 Å². The van der Waals surface area contributed by atoms with E-state index in [9.17, 15) is 18.7 Å². The predicted molar refractivity (Wildman–Crippen MR) is 75.6 cm³/mol. The average molecular weight is 302 g/mol. The molecular weight excluding hydrogens is 286 g/mol. The van der Waals surface area contributed by atoms with E-state index in [4.69, 9.17) is 5.11 Å². The Balaban J connectivity index is 3.23. The van der Waals surface area contributed by atoms with Crippen molar-refractivity contribution in [2.24, 2.45) is 0 Å². The number of hydrogen-bond donors (Lipinski definition) is 2. The summed E-state index contributed by atoms with van der Waals surface area (Å²) in [6.07, 6.45) is 2.02. The first-order chi connectivity index (χ1) is 9.18. The zero-order valence-electron chi connectivity index (χ0n) is 11.2. The molecule has 0 aliphatic heterocycles. The molecular formula is C14H16F2O3S. The van der Waals surface area contributed by atoms with Crippen molar-refractivity contribution in [3.8, 4) is 0 Å². The van der Waals surface area contributed by atoms with Crippen LogP contribution in [0.3, 0.4) is 0 Å². The number of aromatic carboxylic acids is 1. The average Bonchev–Trinajstić information content (AvgIpc) is 2.72. The van der Waals surface area contributed by atoms with E-state index in [1.807, 2.05) is 6.92 Å². The predicted octanol–water partition coefficient (Wildman–Crippen LogP) is 4.51. The molecule has 2 N–H and O–H groups in total. The van der Waals surface area contributed by atoms with Crippen LogP contribution in [0, 0.1) is 0 Å². The van der Waals surface area contributed by atoms with E-state index < -0.39 is 17.5 Å². The van der Waals surface area contributed by atoms with Gasteiger partial charge in [-0.2, -0.15) is 0 Å². The van der Waals surface area contributed by atoms with Gasteiger partial charge in [0.05, 0.1) is 0 Å². The Kier molecular flexibility index (Phi) is 5.05. The SMILES string of the molecule is C=C(/C=C(/O)c1csc(C(=O)O)c1CCC)C(C)(F)F. The number of thiophene rings is 1. The zero-order chi connectivity index (χ0) is 15.5. The Morgan fingerprint density at radius 1 is 1.50 bits per heavy atom. The summed E-state index contributed by atoms with van der Waals surface area (Å²) in [5.41, 5.74) is 0.214. The van der Waals surface area contributed by atoms with Crippen LogP contribution in [-0.2, 0) is 6.42 Å². The molecule has 1 aromatic heterocycles. The van der Waals surface area contributed by atoms with Crippen molar-refractivity contribution in [3.63, 3.8) is 0 Å². The minimum absolute atomic E-state index is 0.121. The largest absolute Gasteiger partial charge is 0.507 e. The van der Waals surface area contributed by atoms with Crippen molar-refractivity contribution < 1.29 is 23.8 Å². The summed E-state index contributed by atoms with van der Waals surface area (Å²) in [7, 11) is 0. The van der Waals surface area contributed by atoms with Crippen molar-refractivity contribution in [1.82, 2.24) is 0 Å². The maximum Gasteiger partial charge on any atom is 0.346 e. The summed E-state index contributed by atoms with van der Waals surface area (Å²) in [5.74, 6) is -4.61. The summed E-state index contributed by atoms with van der Waals surface area (Å²) in [4.78, 5) is 11.2. The highest BCUT2D eigenvalue weighted by atomic mass is 32.1. The first kappa shape index (κ1) is 16.4. The minimum atomic E-state index is -3.13. The number of carboxylic acid groups (broad SMARTS) is 1. The molecule has 0 unspecified atom stereocenters. The third-order valence-electron chi connectivity index (χ3n) is 2.74. The van der Waals surface area contributed by atoms with Gasteiger partial charge in [0.25, 0.3) is 5.92 Å². The maximum atomic E-state index is 13.0. The van der Waals surface area contributed by atoms with Crippen LogP contribution < -0.4 is 0 Å². The van der Waals surface area contributed by atoms with Gasteiger partial charge in [0.2, 0.25) is 0 Å². The number of allylic oxidation sites excluding steroid dienone is 2. The van der Waals surface area contributed by atoms with Gasteiger partial charge in [0.15, 0.2) is 0 Å². The number of rotatable bonds is 6. The lowest BCUT2D eigenvalue weighted by Crippen LogP contribution is -2.11. The molecule has 0 atom stereocenters. The Hall–Kier alpha value is -1.69. The van der Waals surface area contributed by atoms with E-state index in [-0.39, 0.29) is 16.2 Å². The second-order valence-electron chi connectivity index (χ2n) is 4.46. The number of aliphatic hydroxyl groups excluding tert-OH is 1. The van der Waals surface area contributed by atoms with Crippen LogP contribution in [0.25, 0.3) is 5.76 Å². The van der Waals surface area contributed by atoms with Gasteiger partial charge in [0.1, 0.15) is 10.6 Å². The van der Waals surface area contributed by atoms with E-state index in [1.54, 1.807) is 0 Å². The molecule has 0 aromatic carbocycles. The standard InChI is InChI=1S/C14H16F2O3S/c1-4-5-9-10(7-20-12(9)13(18)19)11(17)6-8(2)14(3,15)16/h6-7,17H,2,4-5H2,1,3H3,(H,18,19)/b11-6+. The highest BCUT2D eigenvalue weighted by molar-refractivity contribution is 7.12. The molecule has 0 spiro atoms. The third kappa shape index (κ3) is 3.66. The van der Waals surface area contributed by atoms with Gasteiger partial charge in [-0.3, -0.25) is 0 Å². The number of alkyl halides is 2. The maximum absolute atomic E-state index is 13.0. The van der Waals surface area contributed by atoms with Gasteiger partial charge in [0, 0.05) is 23.4 Å². The fourth-order valence-corrected chi connectivity index (χ4v) is 2.60. The van der Waals surface area contributed by atoms with Crippen LogP contribution in [0.5, 0.6) is 0 Å². The Labute approximate surface area is 119 Å². The van der Waals surface area contributed by atoms with Gasteiger partial charge in [-0.05, 0) is 18.1 Å². The van der Waals surface area contributed by atoms with E-state index in [0.29, 0.717) is 25.3 Å². The lowest BCUT2D eigenvalue weighted by molar-refractivity contribution is 0.0675. The highest BCUT2D eigenvalue weighted by Gasteiger charge is 2.25. The smallest absolute Gasteiger partial charge is 0.346 e. The van der Waals surface area contributed by atoms with Crippen LogP contribution in [0.2, 0.25) is 0 Å². The van der Waals surface area contributed by atoms with Gasteiger partial charge < -0.3 is 10.2 Å². The summed E-state index contributed by atoms with van der Waals surface area (Å²) < 4.78 is 26.1. The van der Waals surface area contributed by atoms with Crippen molar-refractivity contribution >= 4 is 23.1 Å². The Morgan fingerprint density at radius 2 is 2.10 bits per heavy atom. The van der Waals surface area contributed by atoms with Crippen molar-refractivity contribution in [3.05, 3.63) is 39.6 Å². The molecule has 1 rings (SSSR count). The monoisotopic (exact) mass is 302 g/mol. The number of hydrogen-bond acceptors (Lipinski definition) is 3. The molecule has 0 saturated heterocycles. The van der Waals surface area contributed by atoms with E-state index >= 15 is 0 Å². The van der Waals surface area contributed by atoms with Crippen molar-refractivity contribution in [2.75, 3.05) is 0 Å². The van der Waals surface area contributed by atoms with Crippen LogP contribution in [0.4, 0.5) is 8.78 Å². The summed E-state index contributed by atoms with van der Waals surface area (Å²) in [6.45, 7) is 5.76. The zero-order valence-corrected chi connectivity index (χ0v) is 12.1. The molecule has 1 aromatic rings. The lowest BCUT2D eigenvalue weighted by Gasteiger charge is -2.11. The van der Waals surface area contributed by atoms with Crippen LogP contribution >= 0.6 is 11.3 Å². The number of carboxylic acids is 1. The third-order valence-corrected chi connectivity index (χ3v) is 3.75. The molecule has 0 aliphatic rings. The van der Waals surface area contributed by atoms with Gasteiger partial charge in [-0.15, -0.1) is 11.3 Å². The first-order valence-corrected chi connectivity index (χ1v) is 6.88. The molecule has 20 heavy (non-hydrogen) atoms. The van der Waals surface area contributed by atoms with Crippen LogP contribution in [-0.4, -0.2) is 22.1 Å². The molecule has 0 radical (unpaired) electrons.